The van der Waals surface area contributed by atoms with Crippen molar-refractivity contribution in [1.82, 2.24) is 4.90 Å². The molecule has 3 N–H and O–H groups in total. The van der Waals surface area contributed by atoms with Crippen LogP contribution in [0.5, 0.6) is 5.75 Å². The molecular weight excluding hydrogens is 422 g/mol. The number of hydrogen-bond acceptors (Lipinski definition) is 4. The quantitative estimate of drug-likeness (QED) is 0.574. The van der Waals surface area contributed by atoms with Crippen LogP contribution >= 0.6 is 7.37 Å². The number of benzene rings is 2. The molecular formula is C22H28FN2O5P. The third kappa shape index (κ3) is 6.29. The maximum Gasteiger partial charge on any atom is 0.321 e. The summed E-state index contributed by atoms with van der Waals surface area (Å²) in [6, 6.07) is 11.0. The molecule has 2 amide bonds. The monoisotopic (exact) mass is 450 g/mol. The van der Waals surface area contributed by atoms with E-state index in [-0.39, 0.29) is 23.9 Å². The summed E-state index contributed by atoms with van der Waals surface area (Å²) < 4.78 is 31.0. The van der Waals surface area contributed by atoms with Gasteiger partial charge in [0, 0.05) is 25.4 Å². The van der Waals surface area contributed by atoms with E-state index in [0.29, 0.717) is 48.5 Å². The first-order valence-corrected chi connectivity index (χ1v) is 12.4. The second-order valence-electron chi connectivity index (χ2n) is 7.95. The Labute approximate surface area is 181 Å². The molecule has 0 bridgehead atoms. The second-order valence-corrected chi connectivity index (χ2v) is 10.4. The Morgan fingerprint density at radius 3 is 2.65 bits per heavy atom. The lowest BCUT2D eigenvalue weighted by atomic mass is 9.89. The molecule has 1 saturated heterocycles. The van der Waals surface area contributed by atoms with Gasteiger partial charge in [0.25, 0.3) is 0 Å². The van der Waals surface area contributed by atoms with Gasteiger partial charge in [-0.25, -0.2) is 9.18 Å². The van der Waals surface area contributed by atoms with Crippen molar-refractivity contribution in [3.05, 3.63) is 59.4 Å². The third-order valence-electron chi connectivity index (χ3n) is 5.46. The summed E-state index contributed by atoms with van der Waals surface area (Å²) in [5.74, 6) is 0.360. The molecule has 1 unspecified atom stereocenters. The summed E-state index contributed by atoms with van der Waals surface area (Å²) in [6.07, 6.45) is -0.0678. The number of piperidine rings is 1. The summed E-state index contributed by atoms with van der Waals surface area (Å²) in [5.41, 5.74) is 1.56. The SMILES string of the molecule is COc1ccc(F)c(C2CCN(C(=O)Nc3cccc([C@H](O)CP(C)(=O)O)c3)CC2)c1. The Balaban J connectivity index is 1.59. The normalized spacial score (nSPS) is 17.6. The van der Waals surface area contributed by atoms with Crippen LogP contribution in [0.15, 0.2) is 42.5 Å². The highest BCUT2D eigenvalue weighted by molar-refractivity contribution is 7.57. The van der Waals surface area contributed by atoms with Crippen molar-refractivity contribution in [2.24, 2.45) is 0 Å². The molecule has 7 nitrogen and oxygen atoms in total. The molecule has 0 aromatic heterocycles. The van der Waals surface area contributed by atoms with Gasteiger partial charge in [0.05, 0.1) is 19.4 Å². The highest BCUT2D eigenvalue weighted by Crippen LogP contribution is 2.40. The van der Waals surface area contributed by atoms with Gasteiger partial charge in [-0.15, -0.1) is 0 Å². The molecule has 3 rings (SSSR count). The largest absolute Gasteiger partial charge is 0.497 e. The van der Waals surface area contributed by atoms with Crippen molar-refractivity contribution >= 4 is 19.1 Å². The first-order valence-electron chi connectivity index (χ1n) is 10.1. The molecule has 1 heterocycles. The van der Waals surface area contributed by atoms with Crippen molar-refractivity contribution < 1.29 is 28.5 Å². The van der Waals surface area contributed by atoms with Crippen LogP contribution in [0.25, 0.3) is 0 Å². The molecule has 1 aliphatic heterocycles. The first-order chi connectivity index (χ1) is 14.7. The van der Waals surface area contributed by atoms with Crippen molar-refractivity contribution in [2.75, 3.05) is 38.3 Å². The Morgan fingerprint density at radius 2 is 2.00 bits per heavy atom. The zero-order valence-electron chi connectivity index (χ0n) is 17.6. The van der Waals surface area contributed by atoms with E-state index in [1.165, 1.54) is 12.7 Å². The fraction of sp³-hybridized carbons (Fsp3) is 0.409. The van der Waals surface area contributed by atoms with Crippen molar-refractivity contribution in [3.8, 4) is 5.75 Å². The van der Waals surface area contributed by atoms with Crippen LogP contribution in [0, 0.1) is 5.82 Å². The fourth-order valence-electron chi connectivity index (χ4n) is 3.81. The van der Waals surface area contributed by atoms with Crippen molar-refractivity contribution in [3.63, 3.8) is 0 Å². The van der Waals surface area contributed by atoms with E-state index >= 15 is 0 Å². The molecule has 1 fully saturated rings. The molecule has 1 aliphatic rings. The predicted molar refractivity (Wildman–Crippen MR) is 118 cm³/mol. The smallest absolute Gasteiger partial charge is 0.321 e. The van der Waals surface area contributed by atoms with E-state index in [4.69, 9.17) is 4.74 Å². The number of methoxy groups -OCH3 is 1. The number of ether oxygens (including phenoxy) is 1. The van der Waals surface area contributed by atoms with Crippen LogP contribution in [0.1, 0.15) is 36.0 Å². The highest BCUT2D eigenvalue weighted by Gasteiger charge is 2.26. The van der Waals surface area contributed by atoms with Crippen LogP contribution < -0.4 is 10.1 Å². The zero-order chi connectivity index (χ0) is 22.6. The van der Waals surface area contributed by atoms with E-state index in [1.54, 1.807) is 48.4 Å². The van der Waals surface area contributed by atoms with Crippen molar-refractivity contribution in [1.29, 1.82) is 0 Å². The lowest BCUT2D eigenvalue weighted by Crippen LogP contribution is -2.40. The van der Waals surface area contributed by atoms with Gasteiger partial charge in [0.2, 0.25) is 7.37 Å². The maximum atomic E-state index is 14.2. The van der Waals surface area contributed by atoms with E-state index in [9.17, 15) is 23.7 Å². The number of nitrogens with one attached hydrogen (secondary N) is 1. The number of amides is 2. The minimum absolute atomic E-state index is 0.0147. The predicted octanol–water partition coefficient (Wildman–Crippen LogP) is 4.18. The summed E-state index contributed by atoms with van der Waals surface area (Å²) in [6.45, 7) is 2.17. The Kier molecular flexibility index (Phi) is 7.36. The number of aliphatic hydroxyl groups excluding tert-OH is 1. The molecule has 0 spiro atoms. The molecule has 168 valence electrons. The van der Waals surface area contributed by atoms with Crippen molar-refractivity contribution in [2.45, 2.75) is 24.9 Å². The topological polar surface area (TPSA) is 99.1 Å². The maximum absolute atomic E-state index is 14.2. The Bertz CT molecular complexity index is 972. The van der Waals surface area contributed by atoms with Crippen LogP contribution in [-0.4, -0.2) is 54.0 Å². The molecule has 2 aromatic carbocycles. The summed E-state index contributed by atoms with van der Waals surface area (Å²) in [4.78, 5) is 23.8. The van der Waals surface area contributed by atoms with Gasteiger partial charge in [-0.05, 0) is 60.2 Å². The number of halogens is 1. The number of hydrogen-bond donors (Lipinski definition) is 3. The molecule has 31 heavy (non-hydrogen) atoms. The number of nitrogens with zero attached hydrogens (tertiary/aromatic N) is 1. The minimum Gasteiger partial charge on any atom is -0.497 e. The van der Waals surface area contributed by atoms with Gasteiger partial charge in [0.1, 0.15) is 11.6 Å². The summed E-state index contributed by atoms with van der Waals surface area (Å²) in [5, 5.41) is 13.0. The summed E-state index contributed by atoms with van der Waals surface area (Å²) in [7, 11) is -1.83. The second kappa shape index (κ2) is 9.81. The number of urea groups is 1. The number of aliphatic hydroxyl groups is 1. The van der Waals surface area contributed by atoms with Crippen LogP contribution in [0.4, 0.5) is 14.9 Å². The van der Waals surface area contributed by atoms with E-state index in [1.807, 2.05) is 0 Å². The highest BCUT2D eigenvalue weighted by atomic mass is 31.2. The minimum atomic E-state index is -3.37. The van der Waals surface area contributed by atoms with Crippen LogP contribution in [-0.2, 0) is 4.57 Å². The molecule has 2 atom stereocenters. The summed E-state index contributed by atoms with van der Waals surface area (Å²) >= 11 is 0. The fourth-order valence-corrected chi connectivity index (χ4v) is 4.66. The first kappa shape index (κ1) is 23.3. The lowest BCUT2D eigenvalue weighted by Gasteiger charge is -2.32. The Hall–Kier alpha value is -2.41. The van der Waals surface area contributed by atoms with Gasteiger partial charge in [-0.2, -0.15) is 0 Å². The number of anilines is 1. The molecule has 2 aromatic rings. The molecule has 0 aliphatic carbocycles. The van der Waals surface area contributed by atoms with E-state index < -0.39 is 13.5 Å². The number of carbonyl (C=O) groups is 1. The third-order valence-corrected chi connectivity index (χ3v) is 6.48. The van der Waals surface area contributed by atoms with Gasteiger partial charge in [-0.1, -0.05) is 12.1 Å². The van der Waals surface area contributed by atoms with Gasteiger partial charge in [-0.3, -0.25) is 4.57 Å². The van der Waals surface area contributed by atoms with E-state index in [0.717, 1.165) is 0 Å². The van der Waals surface area contributed by atoms with Gasteiger partial charge < -0.3 is 25.0 Å². The molecule has 0 radical (unpaired) electrons. The zero-order valence-corrected chi connectivity index (χ0v) is 18.5. The van der Waals surface area contributed by atoms with Gasteiger partial charge >= 0.3 is 6.03 Å². The number of carbonyl (C=O) groups excluding carboxylic acids is 1. The van der Waals surface area contributed by atoms with Gasteiger partial charge in [0.15, 0.2) is 0 Å². The van der Waals surface area contributed by atoms with E-state index in [2.05, 4.69) is 5.32 Å². The van der Waals surface area contributed by atoms with Crippen LogP contribution in [0.3, 0.4) is 0 Å². The standard InChI is InChI=1S/C22H28FN2O5P/c1-30-18-6-7-20(23)19(13-18)15-8-10-25(11-9-15)22(27)24-17-5-3-4-16(12-17)21(26)14-31(2,28)29/h3-7,12-13,15,21,26H,8-11,14H2,1-2H3,(H,24,27)(H,28,29)/t21-/m1/s1. The Morgan fingerprint density at radius 1 is 1.29 bits per heavy atom. The number of likely N-dealkylation sites (tertiary alicyclic amines) is 1. The lowest BCUT2D eigenvalue weighted by molar-refractivity contribution is 0.193. The molecule has 9 heteroatoms. The average molecular weight is 450 g/mol. The average Bonchev–Trinajstić information content (AvgIpc) is 2.73. The number of rotatable bonds is 6. The van der Waals surface area contributed by atoms with Crippen LogP contribution in [0.2, 0.25) is 0 Å². The molecule has 0 saturated carbocycles.